The monoisotopic (exact) mass is 237 g/mol. The van der Waals surface area contributed by atoms with E-state index in [4.69, 9.17) is 0 Å². The van der Waals surface area contributed by atoms with E-state index < -0.39 is 0 Å². The van der Waals surface area contributed by atoms with Gasteiger partial charge in [0.1, 0.15) is 5.82 Å². The molecule has 0 radical (unpaired) electrons. The highest BCUT2D eigenvalue weighted by Crippen LogP contribution is 2.21. The first-order chi connectivity index (χ1) is 8.72. The van der Waals surface area contributed by atoms with Crippen LogP contribution >= 0.6 is 0 Å². The minimum atomic E-state index is -0.226. The minimum absolute atomic E-state index is 0.226. The van der Waals surface area contributed by atoms with E-state index in [0.29, 0.717) is 0 Å². The lowest BCUT2D eigenvalue weighted by atomic mass is 10.1. The lowest BCUT2D eigenvalue weighted by molar-refractivity contribution is 0.628. The second kappa shape index (κ2) is 4.22. The summed E-state index contributed by atoms with van der Waals surface area (Å²) in [5.74, 6) is -0.226. The van der Waals surface area contributed by atoms with Gasteiger partial charge in [0.25, 0.3) is 0 Å². The highest BCUT2D eigenvalue weighted by Gasteiger charge is 2.02. The van der Waals surface area contributed by atoms with Crippen LogP contribution in [0.2, 0.25) is 0 Å². The zero-order chi connectivity index (χ0) is 12.5. The van der Waals surface area contributed by atoms with Crippen LogP contribution in [0.25, 0.3) is 22.2 Å². The van der Waals surface area contributed by atoms with E-state index in [1.165, 1.54) is 17.7 Å². The van der Waals surface area contributed by atoms with Gasteiger partial charge in [-0.1, -0.05) is 18.2 Å². The molecule has 0 aliphatic carbocycles. The summed E-state index contributed by atoms with van der Waals surface area (Å²) in [6.45, 7) is 2.05. The molecule has 0 bridgehead atoms. The van der Waals surface area contributed by atoms with Crippen molar-refractivity contribution in [3.05, 3.63) is 66.0 Å². The highest BCUT2D eigenvalue weighted by atomic mass is 19.1. The van der Waals surface area contributed by atoms with Gasteiger partial charge >= 0.3 is 0 Å². The predicted octanol–water partition coefficient (Wildman–Crippen LogP) is 4.35. The van der Waals surface area contributed by atoms with Crippen molar-refractivity contribution < 1.29 is 4.39 Å². The van der Waals surface area contributed by atoms with E-state index in [0.717, 1.165) is 22.2 Å². The van der Waals surface area contributed by atoms with Crippen LogP contribution in [0.1, 0.15) is 5.56 Å². The molecule has 0 spiro atoms. The molecule has 2 aromatic carbocycles. The number of aryl methyl sites for hydroxylation is 1. The maximum absolute atomic E-state index is 12.9. The molecule has 88 valence electrons. The van der Waals surface area contributed by atoms with Crippen molar-refractivity contribution in [2.24, 2.45) is 0 Å². The van der Waals surface area contributed by atoms with Gasteiger partial charge in [-0.05, 0) is 48.9 Å². The number of nitrogens with zero attached hydrogens (tertiary/aromatic N) is 1. The molecule has 3 rings (SSSR count). The van der Waals surface area contributed by atoms with Crippen molar-refractivity contribution in [3.63, 3.8) is 0 Å². The van der Waals surface area contributed by atoms with Crippen LogP contribution in [0.15, 0.2) is 54.6 Å². The van der Waals surface area contributed by atoms with Gasteiger partial charge in [-0.25, -0.2) is 9.37 Å². The van der Waals surface area contributed by atoms with E-state index in [-0.39, 0.29) is 5.82 Å². The lowest BCUT2D eigenvalue weighted by Crippen LogP contribution is -1.86. The van der Waals surface area contributed by atoms with Gasteiger partial charge in [0, 0.05) is 10.9 Å². The second-order valence-corrected chi connectivity index (χ2v) is 4.40. The fraction of sp³-hybridized carbons (Fsp3) is 0.0625. The molecule has 0 N–H and O–H groups in total. The smallest absolute Gasteiger partial charge is 0.123 e. The van der Waals surface area contributed by atoms with Crippen LogP contribution < -0.4 is 0 Å². The Bertz CT molecular complexity index is 702. The number of aromatic nitrogens is 1. The second-order valence-electron chi connectivity index (χ2n) is 4.40. The van der Waals surface area contributed by atoms with E-state index in [1.54, 1.807) is 12.1 Å². The van der Waals surface area contributed by atoms with E-state index in [1.807, 2.05) is 19.1 Å². The normalized spacial score (nSPS) is 10.8. The first kappa shape index (κ1) is 10.9. The Morgan fingerprint density at radius 3 is 2.39 bits per heavy atom. The number of halogens is 1. The Kier molecular flexibility index (Phi) is 2.56. The predicted molar refractivity (Wildman–Crippen MR) is 71.9 cm³/mol. The summed E-state index contributed by atoms with van der Waals surface area (Å²) in [4.78, 5) is 4.61. The first-order valence-electron chi connectivity index (χ1n) is 5.86. The Morgan fingerprint density at radius 1 is 0.889 bits per heavy atom. The first-order valence-corrected chi connectivity index (χ1v) is 5.86. The summed E-state index contributed by atoms with van der Waals surface area (Å²) in [5.41, 5.74) is 3.95. The Morgan fingerprint density at radius 2 is 1.61 bits per heavy atom. The Labute approximate surface area is 105 Å². The molecule has 2 heteroatoms. The number of fused-ring (bicyclic) bond motifs is 1. The molecule has 1 aromatic heterocycles. The molecule has 0 atom stereocenters. The molecular weight excluding hydrogens is 225 g/mol. The molecule has 0 saturated heterocycles. The van der Waals surface area contributed by atoms with Crippen LogP contribution in [0, 0.1) is 12.7 Å². The topological polar surface area (TPSA) is 12.9 Å². The van der Waals surface area contributed by atoms with Gasteiger partial charge in [0.05, 0.1) is 11.2 Å². The van der Waals surface area contributed by atoms with Gasteiger partial charge in [-0.2, -0.15) is 0 Å². The fourth-order valence-electron chi connectivity index (χ4n) is 2.01. The summed E-state index contributed by atoms with van der Waals surface area (Å²) in [5, 5.41) is 1.12. The largest absolute Gasteiger partial charge is 0.248 e. The molecule has 3 aromatic rings. The quantitative estimate of drug-likeness (QED) is 0.613. The maximum Gasteiger partial charge on any atom is 0.123 e. The van der Waals surface area contributed by atoms with Crippen LogP contribution in [0.4, 0.5) is 4.39 Å². The van der Waals surface area contributed by atoms with Crippen molar-refractivity contribution in [1.29, 1.82) is 0 Å². The van der Waals surface area contributed by atoms with Gasteiger partial charge in [-0.3, -0.25) is 0 Å². The highest BCUT2D eigenvalue weighted by molar-refractivity contribution is 5.82. The van der Waals surface area contributed by atoms with Crippen LogP contribution in [-0.2, 0) is 0 Å². The molecule has 0 aliphatic rings. The van der Waals surface area contributed by atoms with Gasteiger partial charge in [0.2, 0.25) is 0 Å². The van der Waals surface area contributed by atoms with Gasteiger partial charge in [-0.15, -0.1) is 0 Å². The van der Waals surface area contributed by atoms with Crippen molar-refractivity contribution in [3.8, 4) is 11.3 Å². The van der Waals surface area contributed by atoms with E-state index in [2.05, 4.69) is 23.2 Å². The molecule has 18 heavy (non-hydrogen) atoms. The summed E-state index contributed by atoms with van der Waals surface area (Å²) >= 11 is 0. The summed E-state index contributed by atoms with van der Waals surface area (Å²) in [6.07, 6.45) is 0. The summed E-state index contributed by atoms with van der Waals surface area (Å²) in [6, 6.07) is 16.6. The fourth-order valence-corrected chi connectivity index (χ4v) is 2.01. The molecule has 0 fully saturated rings. The standard InChI is InChI=1S/C16H12FN/c1-11-2-3-13-6-9-15(18-16(13)10-11)12-4-7-14(17)8-5-12/h2-10H,1H3. The summed E-state index contributed by atoms with van der Waals surface area (Å²) < 4.78 is 12.9. The van der Waals surface area contributed by atoms with Gasteiger partial charge in [0.15, 0.2) is 0 Å². The molecule has 0 amide bonds. The molecule has 0 unspecified atom stereocenters. The maximum atomic E-state index is 12.9. The Balaban J connectivity index is 2.15. The third kappa shape index (κ3) is 1.97. The van der Waals surface area contributed by atoms with Gasteiger partial charge < -0.3 is 0 Å². The van der Waals surface area contributed by atoms with Crippen LogP contribution in [-0.4, -0.2) is 4.98 Å². The number of hydrogen-bond acceptors (Lipinski definition) is 1. The third-order valence-electron chi connectivity index (χ3n) is 2.99. The third-order valence-corrected chi connectivity index (χ3v) is 2.99. The average Bonchev–Trinajstić information content (AvgIpc) is 2.38. The molecule has 1 nitrogen and oxygen atoms in total. The zero-order valence-electron chi connectivity index (χ0n) is 10.0. The van der Waals surface area contributed by atoms with E-state index >= 15 is 0 Å². The number of rotatable bonds is 1. The minimum Gasteiger partial charge on any atom is -0.248 e. The van der Waals surface area contributed by atoms with Crippen molar-refractivity contribution >= 4 is 10.9 Å². The average molecular weight is 237 g/mol. The molecule has 0 saturated carbocycles. The number of pyridine rings is 1. The SMILES string of the molecule is Cc1ccc2ccc(-c3ccc(F)cc3)nc2c1. The molecule has 1 heterocycles. The molecular formula is C16H12FN. The van der Waals surface area contributed by atoms with Crippen LogP contribution in [0.3, 0.4) is 0 Å². The Hall–Kier alpha value is -2.22. The van der Waals surface area contributed by atoms with Crippen molar-refractivity contribution in [2.75, 3.05) is 0 Å². The van der Waals surface area contributed by atoms with Crippen molar-refractivity contribution in [1.82, 2.24) is 4.98 Å². The number of benzene rings is 2. The molecule has 0 aliphatic heterocycles. The van der Waals surface area contributed by atoms with Crippen LogP contribution in [0.5, 0.6) is 0 Å². The zero-order valence-corrected chi connectivity index (χ0v) is 10.0. The van der Waals surface area contributed by atoms with Crippen molar-refractivity contribution in [2.45, 2.75) is 6.92 Å². The number of hydrogen-bond donors (Lipinski definition) is 0. The lowest BCUT2D eigenvalue weighted by Gasteiger charge is -2.04. The van der Waals surface area contributed by atoms with E-state index in [9.17, 15) is 4.39 Å². The summed E-state index contributed by atoms with van der Waals surface area (Å²) in [7, 11) is 0.